The van der Waals surface area contributed by atoms with E-state index < -0.39 is 0 Å². The molecule has 3 aliphatic rings. The van der Waals surface area contributed by atoms with Gasteiger partial charge in [0.05, 0.1) is 12.6 Å². The van der Waals surface area contributed by atoms with E-state index in [1.807, 2.05) is 12.2 Å². The monoisotopic (exact) mass is 203 g/mol. The van der Waals surface area contributed by atoms with E-state index in [9.17, 15) is 4.79 Å². The lowest BCUT2D eigenvalue weighted by molar-refractivity contribution is -0.115. The highest BCUT2D eigenvalue weighted by Crippen LogP contribution is 2.44. The van der Waals surface area contributed by atoms with E-state index in [1.165, 1.54) is 5.57 Å². The predicted molar refractivity (Wildman–Crippen MR) is 55.1 cm³/mol. The largest absolute Gasteiger partial charge is 0.366 e. The predicted octanol–water partition coefficient (Wildman–Crippen LogP) is 1.20. The number of fused-ring (bicyclic) bond motifs is 2. The molecule has 1 saturated carbocycles. The minimum atomic E-state index is -0.281. The van der Waals surface area contributed by atoms with Crippen molar-refractivity contribution in [3.63, 3.8) is 0 Å². The molecule has 4 heteroatoms. The molecule has 1 aliphatic heterocycles. The van der Waals surface area contributed by atoms with Gasteiger partial charge >= 0.3 is 0 Å². The van der Waals surface area contributed by atoms with Gasteiger partial charge in [-0.15, -0.1) is 0 Å². The topological polar surface area (TPSA) is 67.8 Å². The third-order valence-electron chi connectivity index (χ3n) is 3.66. The first-order chi connectivity index (χ1) is 7.25. The van der Waals surface area contributed by atoms with Gasteiger partial charge in [0, 0.05) is 17.4 Å². The molecule has 0 spiro atoms. The van der Waals surface area contributed by atoms with Crippen LogP contribution in [-0.2, 0) is 4.79 Å². The van der Waals surface area contributed by atoms with Crippen molar-refractivity contribution in [3.8, 4) is 0 Å². The number of primary amides is 1. The molecule has 15 heavy (non-hydrogen) atoms. The molecule has 1 amide bonds. The van der Waals surface area contributed by atoms with E-state index in [0.717, 1.165) is 25.0 Å². The maximum absolute atomic E-state index is 11.2. The van der Waals surface area contributed by atoms with Crippen molar-refractivity contribution in [1.29, 1.82) is 0 Å². The van der Waals surface area contributed by atoms with Gasteiger partial charge < -0.3 is 5.73 Å². The summed E-state index contributed by atoms with van der Waals surface area (Å²) in [7, 11) is 0. The molecule has 3 atom stereocenters. The Morgan fingerprint density at radius 2 is 2.33 bits per heavy atom. The van der Waals surface area contributed by atoms with E-state index in [4.69, 9.17) is 5.73 Å². The molecule has 2 N–H and O–H groups in total. The summed E-state index contributed by atoms with van der Waals surface area (Å²) in [5.74, 6) is 0.497. The lowest BCUT2D eigenvalue weighted by atomic mass is 9.74. The van der Waals surface area contributed by atoms with Crippen LogP contribution in [0, 0.1) is 11.8 Å². The maximum atomic E-state index is 11.2. The molecule has 3 unspecified atom stereocenters. The number of amides is 1. The van der Waals surface area contributed by atoms with Gasteiger partial charge in [-0.25, -0.2) is 0 Å². The molecule has 0 radical (unpaired) electrons. The minimum absolute atomic E-state index is 0.257. The summed E-state index contributed by atoms with van der Waals surface area (Å²) in [6.07, 6.45) is 5.85. The van der Waals surface area contributed by atoms with Crippen LogP contribution >= 0.6 is 0 Å². The highest BCUT2D eigenvalue weighted by molar-refractivity contribution is 5.94. The Hall–Kier alpha value is -1.45. The lowest BCUT2D eigenvalue weighted by Crippen LogP contribution is -2.31. The van der Waals surface area contributed by atoms with Crippen LogP contribution in [0.2, 0.25) is 0 Å². The molecule has 2 aliphatic carbocycles. The van der Waals surface area contributed by atoms with Crippen LogP contribution in [0.25, 0.3) is 0 Å². The zero-order valence-electron chi connectivity index (χ0n) is 8.39. The minimum Gasteiger partial charge on any atom is -0.366 e. The van der Waals surface area contributed by atoms with Gasteiger partial charge in [-0.3, -0.25) is 4.79 Å². The normalized spacial score (nSPS) is 36.9. The molecule has 1 heterocycles. The Morgan fingerprint density at radius 3 is 3.13 bits per heavy atom. The number of azo groups is 1. The summed E-state index contributed by atoms with van der Waals surface area (Å²) >= 11 is 0. The molecule has 4 nitrogen and oxygen atoms in total. The van der Waals surface area contributed by atoms with Crippen molar-refractivity contribution in [1.82, 2.24) is 0 Å². The molecule has 78 valence electrons. The van der Waals surface area contributed by atoms with Crippen LogP contribution in [0.5, 0.6) is 0 Å². The number of hydrogen-bond donors (Lipinski definition) is 1. The van der Waals surface area contributed by atoms with Gasteiger partial charge in [0.25, 0.3) is 0 Å². The van der Waals surface area contributed by atoms with Gasteiger partial charge in [-0.1, -0.05) is 17.7 Å². The van der Waals surface area contributed by atoms with Gasteiger partial charge in [-0.2, -0.15) is 10.2 Å². The van der Waals surface area contributed by atoms with E-state index in [2.05, 4.69) is 10.2 Å². The quantitative estimate of drug-likeness (QED) is 0.683. The van der Waals surface area contributed by atoms with E-state index >= 15 is 0 Å². The van der Waals surface area contributed by atoms with Crippen LogP contribution < -0.4 is 5.73 Å². The summed E-state index contributed by atoms with van der Waals surface area (Å²) in [5, 5.41) is 8.32. The Morgan fingerprint density at radius 1 is 1.47 bits per heavy atom. The average Bonchev–Trinajstić information content (AvgIpc) is 2.77. The first kappa shape index (κ1) is 8.83. The molecule has 0 aromatic rings. The van der Waals surface area contributed by atoms with Gasteiger partial charge in [-0.05, 0) is 12.8 Å². The molecular formula is C11H13N3O. The first-order valence-electron chi connectivity index (χ1n) is 5.33. The third-order valence-corrected chi connectivity index (χ3v) is 3.66. The second-order valence-corrected chi connectivity index (χ2v) is 4.49. The SMILES string of the molecule is NC(=O)C1=CC=C2CC3N=NCC3CC21. The molecule has 0 aromatic heterocycles. The first-order valence-corrected chi connectivity index (χ1v) is 5.33. The van der Waals surface area contributed by atoms with E-state index in [0.29, 0.717) is 12.0 Å². The zero-order chi connectivity index (χ0) is 10.4. The molecule has 3 rings (SSSR count). The molecule has 0 aromatic carbocycles. The molecular weight excluding hydrogens is 190 g/mol. The van der Waals surface area contributed by atoms with Crippen LogP contribution in [-0.4, -0.2) is 18.5 Å². The number of hydrogen-bond acceptors (Lipinski definition) is 3. The fraction of sp³-hybridized carbons (Fsp3) is 0.545. The Bertz CT molecular complexity index is 408. The van der Waals surface area contributed by atoms with Crippen LogP contribution in [0.15, 0.2) is 33.5 Å². The van der Waals surface area contributed by atoms with Gasteiger partial charge in [0.2, 0.25) is 5.91 Å². The summed E-state index contributed by atoms with van der Waals surface area (Å²) in [5.41, 5.74) is 7.44. The standard InChI is InChI=1S/C11H13N3O/c12-11(15)8-2-1-6-4-10-7(3-9(6)8)5-13-14-10/h1-2,7,9-10H,3-5H2,(H2,12,15). The van der Waals surface area contributed by atoms with Crippen LogP contribution in [0.4, 0.5) is 0 Å². The van der Waals surface area contributed by atoms with Gasteiger partial charge in [0.15, 0.2) is 0 Å². The van der Waals surface area contributed by atoms with Crippen LogP contribution in [0.1, 0.15) is 12.8 Å². The Balaban J connectivity index is 1.85. The summed E-state index contributed by atoms with van der Waals surface area (Å²) in [4.78, 5) is 11.2. The number of nitrogens with zero attached hydrogens (tertiary/aromatic N) is 2. The summed E-state index contributed by atoms with van der Waals surface area (Å²) in [6, 6.07) is 0.355. The third kappa shape index (κ3) is 1.24. The smallest absolute Gasteiger partial charge is 0.245 e. The zero-order valence-corrected chi connectivity index (χ0v) is 8.39. The highest BCUT2D eigenvalue weighted by atomic mass is 16.1. The fourth-order valence-electron chi connectivity index (χ4n) is 2.83. The van der Waals surface area contributed by atoms with Crippen molar-refractivity contribution < 1.29 is 4.79 Å². The second kappa shape index (κ2) is 3.02. The van der Waals surface area contributed by atoms with Crippen molar-refractivity contribution in [2.45, 2.75) is 18.9 Å². The van der Waals surface area contributed by atoms with Crippen molar-refractivity contribution in [2.75, 3.05) is 6.54 Å². The summed E-state index contributed by atoms with van der Waals surface area (Å²) in [6.45, 7) is 0.820. The number of nitrogens with two attached hydrogens (primary N) is 1. The van der Waals surface area contributed by atoms with Crippen molar-refractivity contribution in [2.24, 2.45) is 27.8 Å². The van der Waals surface area contributed by atoms with Crippen molar-refractivity contribution in [3.05, 3.63) is 23.3 Å². The average molecular weight is 203 g/mol. The molecule has 0 saturated heterocycles. The Kier molecular flexibility index (Phi) is 1.78. The number of carbonyl (C=O) groups is 1. The van der Waals surface area contributed by atoms with Crippen LogP contribution in [0.3, 0.4) is 0 Å². The second-order valence-electron chi connectivity index (χ2n) is 4.49. The lowest BCUT2D eigenvalue weighted by Gasteiger charge is -2.30. The molecule has 1 fully saturated rings. The van der Waals surface area contributed by atoms with Gasteiger partial charge in [0.1, 0.15) is 0 Å². The Labute approximate surface area is 87.9 Å². The highest BCUT2D eigenvalue weighted by Gasteiger charge is 2.39. The molecule has 0 bridgehead atoms. The van der Waals surface area contributed by atoms with E-state index in [-0.39, 0.29) is 11.8 Å². The number of rotatable bonds is 1. The van der Waals surface area contributed by atoms with E-state index in [1.54, 1.807) is 0 Å². The van der Waals surface area contributed by atoms with Crippen molar-refractivity contribution >= 4 is 5.91 Å². The fourth-order valence-corrected chi connectivity index (χ4v) is 2.83. The maximum Gasteiger partial charge on any atom is 0.245 e. The summed E-state index contributed by atoms with van der Waals surface area (Å²) < 4.78 is 0. The number of carbonyl (C=O) groups excluding carboxylic acids is 1. The number of allylic oxidation sites excluding steroid dienone is 2.